The van der Waals surface area contributed by atoms with Crippen molar-refractivity contribution in [2.45, 2.75) is 25.3 Å². The van der Waals surface area contributed by atoms with Crippen molar-refractivity contribution in [2.75, 3.05) is 32.6 Å². The highest BCUT2D eigenvalue weighted by molar-refractivity contribution is 7.88. The van der Waals surface area contributed by atoms with Gasteiger partial charge in [-0.05, 0) is 43.0 Å². The molecule has 2 aliphatic heterocycles. The quantitative estimate of drug-likeness (QED) is 0.745. The van der Waals surface area contributed by atoms with E-state index < -0.39 is 10.0 Å². The standard InChI is InChI=1S/C18H23ClN2O5S/c1-27(23,24)20-12-14-4-2-3-7-21(14)17(22)6-5-13-10-15(19)18-16(11-13)25-8-9-26-18/h5-6,10-11,14,20H,2-4,7-9,12H2,1H3/b6-5+. The number of benzene rings is 1. The summed E-state index contributed by atoms with van der Waals surface area (Å²) in [6, 6.07) is 3.36. The molecule has 1 saturated heterocycles. The number of halogens is 1. The molecular formula is C18H23ClN2O5S. The summed E-state index contributed by atoms with van der Waals surface area (Å²) in [7, 11) is -3.29. The monoisotopic (exact) mass is 414 g/mol. The molecule has 0 saturated carbocycles. The first-order valence-electron chi connectivity index (χ1n) is 8.86. The van der Waals surface area contributed by atoms with Crippen LogP contribution in [0.5, 0.6) is 11.5 Å². The Balaban J connectivity index is 1.70. The van der Waals surface area contributed by atoms with Crippen LogP contribution < -0.4 is 14.2 Å². The fourth-order valence-corrected chi connectivity index (χ4v) is 4.01. The van der Waals surface area contributed by atoms with Crippen molar-refractivity contribution in [2.24, 2.45) is 0 Å². The van der Waals surface area contributed by atoms with Crippen molar-refractivity contribution in [3.05, 3.63) is 28.8 Å². The summed E-state index contributed by atoms with van der Waals surface area (Å²) >= 11 is 6.22. The van der Waals surface area contributed by atoms with E-state index in [9.17, 15) is 13.2 Å². The Morgan fingerprint density at radius 1 is 1.33 bits per heavy atom. The van der Waals surface area contributed by atoms with Gasteiger partial charge in [0.1, 0.15) is 13.2 Å². The molecular weight excluding hydrogens is 392 g/mol. The van der Waals surface area contributed by atoms with Gasteiger partial charge in [0.25, 0.3) is 0 Å². The van der Waals surface area contributed by atoms with Crippen LogP contribution in [-0.4, -0.2) is 57.8 Å². The molecule has 148 valence electrons. The molecule has 2 heterocycles. The van der Waals surface area contributed by atoms with Gasteiger partial charge in [-0.2, -0.15) is 0 Å². The number of hydrogen-bond acceptors (Lipinski definition) is 5. The van der Waals surface area contributed by atoms with Gasteiger partial charge in [-0.1, -0.05) is 11.6 Å². The Morgan fingerprint density at radius 3 is 2.89 bits per heavy atom. The van der Waals surface area contributed by atoms with Crippen LogP contribution in [0.1, 0.15) is 24.8 Å². The minimum atomic E-state index is -3.29. The first kappa shape index (κ1) is 20.0. The third-order valence-corrected chi connectivity index (χ3v) is 5.50. The molecule has 1 N–H and O–H groups in total. The topological polar surface area (TPSA) is 84.9 Å². The molecule has 1 aromatic carbocycles. The van der Waals surface area contributed by atoms with Gasteiger partial charge in [0.2, 0.25) is 15.9 Å². The number of ether oxygens (including phenoxy) is 2. The summed E-state index contributed by atoms with van der Waals surface area (Å²) in [5.74, 6) is 0.935. The lowest BCUT2D eigenvalue weighted by Gasteiger charge is -2.35. The second-order valence-corrected chi connectivity index (χ2v) is 8.90. The van der Waals surface area contributed by atoms with Crippen molar-refractivity contribution in [3.63, 3.8) is 0 Å². The number of nitrogens with zero attached hydrogens (tertiary/aromatic N) is 1. The summed E-state index contributed by atoms with van der Waals surface area (Å²) in [4.78, 5) is 14.4. The van der Waals surface area contributed by atoms with Gasteiger partial charge >= 0.3 is 0 Å². The van der Waals surface area contributed by atoms with Crippen LogP contribution in [-0.2, 0) is 14.8 Å². The smallest absolute Gasteiger partial charge is 0.246 e. The van der Waals surface area contributed by atoms with Crippen LogP contribution in [0.2, 0.25) is 5.02 Å². The maximum Gasteiger partial charge on any atom is 0.246 e. The Bertz CT molecular complexity index is 840. The molecule has 1 unspecified atom stereocenters. The predicted molar refractivity (Wildman–Crippen MR) is 104 cm³/mol. The molecule has 2 aliphatic rings. The maximum absolute atomic E-state index is 12.7. The second-order valence-electron chi connectivity index (χ2n) is 6.66. The molecule has 1 atom stereocenters. The number of piperidine rings is 1. The molecule has 9 heteroatoms. The normalized spacial score (nSPS) is 20.1. The lowest BCUT2D eigenvalue weighted by molar-refractivity contribution is -0.129. The minimum Gasteiger partial charge on any atom is -0.486 e. The van der Waals surface area contributed by atoms with Gasteiger partial charge in [-0.25, -0.2) is 13.1 Å². The van der Waals surface area contributed by atoms with Gasteiger partial charge in [-0.3, -0.25) is 4.79 Å². The minimum absolute atomic E-state index is 0.144. The third-order valence-electron chi connectivity index (χ3n) is 4.53. The highest BCUT2D eigenvalue weighted by Gasteiger charge is 2.26. The van der Waals surface area contributed by atoms with Crippen LogP contribution in [0.3, 0.4) is 0 Å². The third kappa shape index (κ3) is 5.37. The number of nitrogens with one attached hydrogen (secondary N) is 1. The largest absolute Gasteiger partial charge is 0.486 e. The van der Waals surface area contributed by atoms with E-state index in [2.05, 4.69) is 4.72 Å². The average molecular weight is 415 g/mol. The SMILES string of the molecule is CS(=O)(=O)NCC1CCCCN1C(=O)/C=C/c1cc(Cl)c2c(c1)OCCO2. The number of carbonyl (C=O) groups excluding carboxylic acids is 1. The molecule has 1 amide bonds. The number of carbonyl (C=O) groups is 1. The Hall–Kier alpha value is -1.77. The zero-order valence-corrected chi connectivity index (χ0v) is 16.7. The first-order valence-corrected chi connectivity index (χ1v) is 11.1. The lowest BCUT2D eigenvalue weighted by atomic mass is 10.0. The number of likely N-dealkylation sites (tertiary alicyclic amines) is 1. The van der Waals surface area contributed by atoms with Crippen molar-refractivity contribution in [1.29, 1.82) is 0 Å². The number of rotatable bonds is 5. The highest BCUT2D eigenvalue weighted by Crippen LogP contribution is 2.38. The molecule has 1 aromatic rings. The van der Waals surface area contributed by atoms with Crippen molar-refractivity contribution >= 4 is 33.6 Å². The van der Waals surface area contributed by atoms with Crippen molar-refractivity contribution < 1.29 is 22.7 Å². The van der Waals surface area contributed by atoms with Gasteiger partial charge < -0.3 is 14.4 Å². The zero-order chi connectivity index (χ0) is 19.4. The Morgan fingerprint density at radius 2 is 2.11 bits per heavy atom. The molecule has 7 nitrogen and oxygen atoms in total. The average Bonchev–Trinajstić information content (AvgIpc) is 2.64. The van der Waals surface area contributed by atoms with E-state index in [0.29, 0.717) is 36.3 Å². The van der Waals surface area contributed by atoms with Crippen LogP contribution in [0.25, 0.3) is 6.08 Å². The highest BCUT2D eigenvalue weighted by atomic mass is 35.5. The van der Waals surface area contributed by atoms with Gasteiger partial charge in [0.15, 0.2) is 11.5 Å². The summed E-state index contributed by atoms with van der Waals surface area (Å²) in [5, 5.41) is 0.438. The summed E-state index contributed by atoms with van der Waals surface area (Å²) < 4.78 is 36.2. The van der Waals surface area contributed by atoms with Crippen LogP contribution in [0.4, 0.5) is 0 Å². The predicted octanol–water partition coefficient (Wildman–Crippen LogP) is 2.05. The summed E-state index contributed by atoms with van der Waals surface area (Å²) in [5.41, 5.74) is 0.737. The van der Waals surface area contributed by atoms with Gasteiger partial charge in [0.05, 0.1) is 11.3 Å². The van der Waals surface area contributed by atoms with Crippen molar-refractivity contribution in [1.82, 2.24) is 9.62 Å². The molecule has 0 aliphatic carbocycles. The van der Waals surface area contributed by atoms with Gasteiger partial charge in [0, 0.05) is 25.2 Å². The number of hydrogen-bond donors (Lipinski definition) is 1. The number of sulfonamides is 1. The number of amides is 1. The molecule has 1 fully saturated rings. The molecule has 0 bridgehead atoms. The van der Waals surface area contributed by atoms with Crippen LogP contribution in [0.15, 0.2) is 18.2 Å². The fraction of sp³-hybridized carbons (Fsp3) is 0.500. The Kier molecular flexibility index (Phi) is 6.29. The van der Waals surface area contributed by atoms with E-state index in [1.807, 2.05) is 0 Å². The Labute approximate surface area is 164 Å². The van der Waals surface area contributed by atoms with Gasteiger partial charge in [-0.15, -0.1) is 0 Å². The number of fused-ring (bicyclic) bond motifs is 1. The van der Waals surface area contributed by atoms with Crippen molar-refractivity contribution in [3.8, 4) is 11.5 Å². The second kappa shape index (κ2) is 8.50. The van der Waals surface area contributed by atoms with Crippen LogP contribution >= 0.6 is 11.6 Å². The molecule has 0 radical (unpaired) electrons. The van der Waals surface area contributed by atoms with E-state index in [0.717, 1.165) is 31.1 Å². The molecule has 0 aromatic heterocycles. The summed E-state index contributed by atoms with van der Waals surface area (Å²) in [6.45, 7) is 1.76. The van der Waals surface area contributed by atoms with Crippen LogP contribution in [0, 0.1) is 0 Å². The van der Waals surface area contributed by atoms with E-state index >= 15 is 0 Å². The van der Waals surface area contributed by atoms with E-state index in [-0.39, 0.29) is 18.5 Å². The summed E-state index contributed by atoms with van der Waals surface area (Å²) in [6.07, 6.45) is 6.94. The zero-order valence-electron chi connectivity index (χ0n) is 15.1. The van der Waals surface area contributed by atoms with E-state index in [1.165, 1.54) is 6.08 Å². The lowest BCUT2D eigenvalue weighted by Crippen LogP contribution is -2.48. The molecule has 27 heavy (non-hydrogen) atoms. The van der Waals surface area contributed by atoms with E-state index in [4.69, 9.17) is 21.1 Å². The molecule has 3 rings (SSSR count). The maximum atomic E-state index is 12.7. The molecule has 0 spiro atoms. The van der Waals surface area contributed by atoms with E-state index in [1.54, 1.807) is 23.1 Å². The fourth-order valence-electron chi connectivity index (χ4n) is 3.24. The first-order chi connectivity index (χ1) is 12.8.